The lowest BCUT2D eigenvalue weighted by Crippen LogP contribution is -1.96. The smallest absolute Gasteiger partial charge is 0.201 e. The Hall–Kier alpha value is -1.38. The number of aromatic hydroxyl groups is 1. The Bertz CT molecular complexity index is 304. The molecule has 14 heavy (non-hydrogen) atoms. The molecule has 0 aliphatic rings. The molecule has 0 bridgehead atoms. The summed E-state index contributed by atoms with van der Waals surface area (Å²) in [7, 11) is 3.07. The Morgan fingerprint density at radius 3 is 2.36 bits per heavy atom. The van der Waals surface area contributed by atoms with E-state index in [0.29, 0.717) is 11.5 Å². The molecule has 0 amide bonds. The molecule has 0 atom stereocenters. The zero-order valence-electron chi connectivity index (χ0n) is 9.05. The van der Waals surface area contributed by atoms with Crippen molar-refractivity contribution >= 4 is 0 Å². The predicted molar refractivity (Wildman–Crippen MR) is 55.3 cm³/mol. The molecule has 0 heterocycles. The Balaban J connectivity index is 3.39. The topological polar surface area (TPSA) is 38.7 Å². The van der Waals surface area contributed by atoms with E-state index in [1.165, 1.54) is 7.11 Å². The van der Waals surface area contributed by atoms with E-state index in [9.17, 15) is 5.11 Å². The summed E-state index contributed by atoms with van der Waals surface area (Å²) in [4.78, 5) is 0. The second-order valence-electron chi connectivity index (χ2n) is 3.10. The number of ether oxygens (including phenoxy) is 2. The van der Waals surface area contributed by atoms with Crippen LogP contribution in [0.15, 0.2) is 6.07 Å². The van der Waals surface area contributed by atoms with Gasteiger partial charge in [0, 0.05) is 0 Å². The van der Waals surface area contributed by atoms with Crippen molar-refractivity contribution < 1.29 is 14.6 Å². The van der Waals surface area contributed by atoms with Crippen molar-refractivity contribution in [2.24, 2.45) is 0 Å². The fourth-order valence-corrected chi connectivity index (χ4v) is 1.54. The van der Waals surface area contributed by atoms with Crippen molar-refractivity contribution in [3.05, 3.63) is 17.2 Å². The van der Waals surface area contributed by atoms with Crippen molar-refractivity contribution in [2.45, 2.75) is 20.3 Å². The Labute approximate surface area is 84.3 Å². The molecule has 1 N–H and O–H groups in total. The molecule has 1 aromatic rings. The van der Waals surface area contributed by atoms with Crippen LogP contribution in [0.1, 0.15) is 18.1 Å². The van der Waals surface area contributed by atoms with Gasteiger partial charge in [-0.3, -0.25) is 0 Å². The van der Waals surface area contributed by atoms with E-state index < -0.39 is 0 Å². The molecule has 0 saturated carbocycles. The van der Waals surface area contributed by atoms with Gasteiger partial charge in [-0.1, -0.05) is 6.92 Å². The Kier molecular flexibility index (Phi) is 3.23. The molecule has 3 heteroatoms. The van der Waals surface area contributed by atoms with Crippen molar-refractivity contribution in [3.8, 4) is 17.2 Å². The lowest BCUT2D eigenvalue weighted by atomic mass is 10.0. The maximum Gasteiger partial charge on any atom is 0.201 e. The molecule has 1 rings (SSSR count). The van der Waals surface area contributed by atoms with E-state index in [1.54, 1.807) is 7.11 Å². The molecule has 0 aliphatic carbocycles. The SMILES string of the molecule is CCc1cc(OC)c(O)c(OC)c1C. The van der Waals surface area contributed by atoms with Crippen molar-refractivity contribution in [3.63, 3.8) is 0 Å². The Morgan fingerprint density at radius 1 is 1.29 bits per heavy atom. The molecule has 0 radical (unpaired) electrons. The summed E-state index contributed by atoms with van der Waals surface area (Å²) in [5, 5.41) is 9.74. The molecule has 0 aliphatic heterocycles. The Morgan fingerprint density at radius 2 is 1.93 bits per heavy atom. The lowest BCUT2D eigenvalue weighted by molar-refractivity contribution is 0.337. The highest BCUT2D eigenvalue weighted by atomic mass is 16.5. The van der Waals surface area contributed by atoms with Crippen molar-refractivity contribution in [1.82, 2.24) is 0 Å². The second kappa shape index (κ2) is 4.22. The third-order valence-electron chi connectivity index (χ3n) is 2.38. The second-order valence-corrected chi connectivity index (χ2v) is 3.10. The third-order valence-corrected chi connectivity index (χ3v) is 2.38. The van der Waals surface area contributed by atoms with Gasteiger partial charge >= 0.3 is 0 Å². The summed E-state index contributed by atoms with van der Waals surface area (Å²) in [6.45, 7) is 3.98. The van der Waals surface area contributed by atoms with Crippen LogP contribution in [0.2, 0.25) is 0 Å². The fraction of sp³-hybridized carbons (Fsp3) is 0.455. The predicted octanol–water partition coefficient (Wildman–Crippen LogP) is 2.28. The maximum atomic E-state index is 9.74. The third kappa shape index (κ3) is 1.62. The van der Waals surface area contributed by atoms with Crippen LogP contribution in [0.25, 0.3) is 0 Å². The molecule has 78 valence electrons. The number of hydrogen-bond donors (Lipinski definition) is 1. The lowest BCUT2D eigenvalue weighted by Gasteiger charge is -2.14. The van der Waals surface area contributed by atoms with Gasteiger partial charge in [0.15, 0.2) is 11.5 Å². The van der Waals surface area contributed by atoms with E-state index in [1.807, 2.05) is 13.0 Å². The van der Waals surface area contributed by atoms with Crippen LogP contribution in [0, 0.1) is 6.92 Å². The van der Waals surface area contributed by atoms with Gasteiger partial charge in [-0.15, -0.1) is 0 Å². The largest absolute Gasteiger partial charge is 0.502 e. The molecular formula is C11H16O3. The minimum atomic E-state index is 0.0738. The molecular weight excluding hydrogens is 180 g/mol. The number of benzene rings is 1. The molecule has 0 spiro atoms. The van der Waals surface area contributed by atoms with E-state index in [0.717, 1.165) is 17.5 Å². The number of phenols is 1. The maximum absolute atomic E-state index is 9.74. The van der Waals surface area contributed by atoms with Gasteiger partial charge in [-0.2, -0.15) is 0 Å². The van der Waals surface area contributed by atoms with Crippen LogP contribution in [-0.4, -0.2) is 19.3 Å². The number of hydrogen-bond acceptors (Lipinski definition) is 3. The summed E-state index contributed by atoms with van der Waals surface area (Å²) in [5.74, 6) is 1.04. The minimum Gasteiger partial charge on any atom is -0.502 e. The average molecular weight is 196 g/mol. The van der Waals surface area contributed by atoms with Gasteiger partial charge in [-0.25, -0.2) is 0 Å². The highest BCUT2D eigenvalue weighted by Crippen LogP contribution is 2.40. The van der Waals surface area contributed by atoms with Crippen LogP contribution >= 0.6 is 0 Å². The number of aryl methyl sites for hydroxylation is 1. The molecule has 0 unspecified atom stereocenters. The van der Waals surface area contributed by atoms with Crippen LogP contribution < -0.4 is 9.47 Å². The highest BCUT2D eigenvalue weighted by molar-refractivity contribution is 5.57. The van der Waals surface area contributed by atoms with E-state index in [4.69, 9.17) is 9.47 Å². The summed E-state index contributed by atoms with van der Waals surface area (Å²) >= 11 is 0. The number of phenolic OH excluding ortho intramolecular Hbond substituents is 1. The van der Waals surface area contributed by atoms with Gasteiger partial charge in [0.2, 0.25) is 5.75 Å². The first-order valence-electron chi connectivity index (χ1n) is 4.59. The normalized spacial score (nSPS) is 10.0. The van der Waals surface area contributed by atoms with Crippen LogP contribution in [-0.2, 0) is 6.42 Å². The van der Waals surface area contributed by atoms with Crippen molar-refractivity contribution in [2.75, 3.05) is 14.2 Å². The summed E-state index contributed by atoms with van der Waals surface area (Å²) < 4.78 is 10.2. The summed E-state index contributed by atoms with van der Waals surface area (Å²) in [6.07, 6.45) is 0.888. The first-order valence-corrected chi connectivity index (χ1v) is 4.59. The summed E-state index contributed by atoms with van der Waals surface area (Å²) in [5.41, 5.74) is 2.09. The molecule has 0 aromatic heterocycles. The van der Waals surface area contributed by atoms with E-state index in [-0.39, 0.29) is 5.75 Å². The van der Waals surface area contributed by atoms with E-state index >= 15 is 0 Å². The van der Waals surface area contributed by atoms with Crippen LogP contribution in [0.3, 0.4) is 0 Å². The zero-order chi connectivity index (χ0) is 10.7. The van der Waals surface area contributed by atoms with Crippen LogP contribution in [0.5, 0.6) is 17.2 Å². The van der Waals surface area contributed by atoms with Gasteiger partial charge < -0.3 is 14.6 Å². The average Bonchev–Trinajstić information content (AvgIpc) is 2.19. The van der Waals surface area contributed by atoms with Crippen LogP contribution in [0.4, 0.5) is 0 Å². The van der Waals surface area contributed by atoms with Crippen molar-refractivity contribution in [1.29, 1.82) is 0 Å². The molecule has 1 aromatic carbocycles. The summed E-state index contributed by atoms with van der Waals surface area (Å²) in [6, 6.07) is 1.84. The fourth-order valence-electron chi connectivity index (χ4n) is 1.54. The van der Waals surface area contributed by atoms with Gasteiger partial charge in [0.05, 0.1) is 14.2 Å². The van der Waals surface area contributed by atoms with Gasteiger partial charge in [0.1, 0.15) is 0 Å². The minimum absolute atomic E-state index is 0.0738. The van der Waals surface area contributed by atoms with Gasteiger partial charge in [-0.05, 0) is 30.5 Å². The first-order chi connectivity index (χ1) is 6.65. The number of methoxy groups -OCH3 is 2. The molecule has 3 nitrogen and oxygen atoms in total. The molecule has 0 fully saturated rings. The van der Waals surface area contributed by atoms with E-state index in [2.05, 4.69) is 6.92 Å². The first kappa shape index (κ1) is 10.7. The standard InChI is InChI=1S/C11H16O3/c1-5-8-6-9(13-3)10(12)11(14-4)7(8)2/h6,12H,5H2,1-4H3. The molecule has 0 saturated heterocycles. The highest BCUT2D eigenvalue weighted by Gasteiger charge is 2.14. The zero-order valence-corrected chi connectivity index (χ0v) is 9.05. The monoisotopic (exact) mass is 196 g/mol. The number of rotatable bonds is 3. The van der Waals surface area contributed by atoms with Gasteiger partial charge in [0.25, 0.3) is 0 Å². The quantitative estimate of drug-likeness (QED) is 0.806.